The first-order valence-corrected chi connectivity index (χ1v) is 4.30. The zero-order valence-electron chi connectivity index (χ0n) is 8.20. The van der Waals surface area contributed by atoms with Gasteiger partial charge < -0.3 is 10.6 Å². The largest absolute Gasteiger partial charge is 0.397 e. The lowest BCUT2D eigenvalue weighted by molar-refractivity contribution is -0.122. The summed E-state index contributed by atoms with van der Waals surface area (Å²) >= 11 is 0. The average molecular weight is 196 g/mol. The van der Waals surface area contributed by atoms with E-state index in [2.05, 4.69) is 0 Å². The van der Waals surface area contributed by atoms with E-state index in [9.17, 15) is 9.18 Å². The summed E-state index contributed by atoms with van der Waals surface area (Å²) < 4.78 is 12.7. The number of alkyl halides is 1. The number of anilines is 2. The summed E-state index contributed by atoms with van der Waals surface area (Å²) in [4.78, 5) is 12.5. The monoisotopic (exact) mass is 196 g/mol. The first-order chi connectivity index (χ1) is 6.54. The zero-order chi connectivity index (χ0) is 10.7. The molecule has 0 aliphatic heterocycles. The second-order valence-corrected chi connectivity index (χ2v) is 3.07. The normalized spacial score (nSPS) is 12.2. The Morgan fingerprint density at radius 3 is 2.57 bits per heavy atom. The Kier molecular flexibility index (Phi) is 3.06. The summed E-state index contributed by atoms with van der Waals surface area (Å²) in [6.07, 6.45) is -1.51. The number of nitrogen functional groups attached to an aromatic ring is 1. The summed E-state index contributed by atoms with van der Waals surface area (Å²) in [6, 6.07) is 6.85. The van der Waals surface area contributed by atoms with Gasteiger partial charge in [-0.2, -0.15) is 0 Å². The maximum Gasteiger partial charge on any atom is 0.261 e. The minimum atomic E-state index is -1.51. The van der Waals surface area contributed by atoms with Crippen LogP contribution < -0.4 is 10.6 Å². The van der Waals surface area contributed by atoms with Gasteiger partial charge in [-0.05, 0) is 19.1 Å². The van der Waals surface area contributed by atoms with Gasteiger partial charge in [0.15, 0.2) is 6.17 Å². The van der Waals surface area contributed by atoms with Crippen molar-refractivity contribution in [2.75, 3.05) is 17.7 Å². The van der Waals surface area contributed by atoms with Crippen LogP contribution in [0.4, 0.5) is 15.8 Å². The Labute approximate surface area is 82.3 Å². The molecule has 1 unspecified atom stereocenters. The topological polar surface area (TPSA) is 46.3 Å². The predicted molar refractivity (Wildman–Crippen MR) is 54.8 cm³/mol. The van der Waals surface area contributed by atoms with E-state index in [0.717, 1.165) is 0 Å². The van der Waals surface area contributed by atoms with Gasteiger partial charge in [0, 0.05) is 7.05 Å². The van der Waals surface area contributed by atoms with E-state index in [0.29, 0.717) is 11.4 Å². The van der Waals surface area contributed by atoms with Crippen molar-refractivity contribution in [3.63, 3.8) is 0 Å². The Morgan fingerprint density at radius 1 is 1.50 bits per heavy atom. The molecule has 0 fully saturated rings. The molecule has 4 heteroatoms. The Balaban J connectivity index is 2.95. The Hall–Kier alpha value is -1.58. The summed E-state index contributed by atoms with van der Waals surface area (Å²) in [5.41, 5.74) is 6.63. The molecule has 0 aliphatic carbocycles. The smallest absolute Gasteiger partial charge is 0.261 e. The van der Waals surface area contributed by atoms with Gasteiger partial charge >= 0.3 is 0 Å². The first kappa shape index (κ1) is 10.5. The van der Waals surface area contributed by atoms with Crippen molar-refractivity contribution in [2.45, 2.75) is 13.1 Å². The fourth-order valence-electron chi connectivity index (χ4n) is 1.18. The summed E-state index contributed by atoms with van der Waals surface area (Å²) in [5, 5.41) is 0. The quantitative estimate of drug-likeness (QED) is 0.730. The predicted octanol–water partition coefficient (Wildman–Crippen LogP) is 1.59. The number of benzene rings is 1. The summed E-state index contributed by atoms with van der Waals surface area (Å²) in [5.74, 6) is -0.595. The van der Waals surface area contributed by atoms with Gasteiger partial charge in [0.25, 0.3) is 5.91 Å². The van der Waals surface area contributed by atoms with E-state index < -0.39 is 12.1 Å². The van der Waals surface area contributed by atoms with Crippen molar-refractivity contribution >= 4 is 17.3 Å². The SMILES string of the molecule is CC(F)C(=O)N(C)c1ccccc1N. The third-order valence-corrected chi connectivity index (χ3v) is 1.97. The van der Waals surface area contributed by atoms with Crippen LogP contribution in [0.25, 0.3) is 0 Å². The molecule has 1 aromatic carbocycles. The van der Waals surface area contributed by atoms with Crippen LogP contribution >= 0.6 is 0 Å². The van der Waals surface area contributed by atoms with Crippen LogP contribution in [0.5, 0.6) is 0 Å². The van der Waals surface area contributed by atoms with E-state index in [-0.39, 0.29) is 0 Å². The Morgan fingerprint density at radius 2 is 2.07 bits per heavy atom. The molecule has 14 heavy (non-hydrogen) atoms. The van der Waals surface area contributed by atoms with Gasteiger partial charge in [0.2, 0.25) is 0 Å². The molecule has 1 atom stereocenters. The molecule has 2 N–H and O–H groups in total. The Bertz CT molecular complexity index is 339. The molecular weight excluding hydrogens is 183 g/mol. The van der Waals surface area contributed by atoms with Crippen LogP contribution in [0.15, 0.2) is 24.3 Å². The molecule has 0 radical (unpaired) electrons. The van der Waals surface area contributed by atoms with Crippen molar-refractivity contribution in [3.05, 3.63) is 24.3 Å². The molecule has 0 spiro atoms. The number of carbonyl (C=O) groups is 1. The lowest BCUT2D eigenvalue weighted by Gasteiger charge is -2.19. The zero-order valence-corrected chi connectivity index (χ0v) is 8.20. The third-order valence-electron chi connectivity index (χ3n) is 1.97. The number of carbonyl (C=O) groups excluding carboxylic acids is 1. The average Bonchev–Trinajstić information content (AvgIpc) is 2.16. The standard InChI is InChI=1S/C10H13FN2O/c1-7(11)10(14)13(2)9-6-4-3-5-8(9)12/h3-7H,12H2,1-2H3. The van der Waals surface area contributed by atoms with Crippen LogP contribution in [0, 0.1) is 0 Å². The molecular formula is C10H13FN2O. The van der Waals surface area contributed by atoms with E-state index >= 15 is 0 Å². The third kappa shape index (κ3) is 2.02. The van der Waals surface area contributed by atoms with Gasteiger partial charge in [-0.3, -0.25) is 4.79 Å². The van der Waals surface area contributed by atoms with Crippen molar-refractivity contribution < 1.29 is 9.18 Å². The molecule has 0 saturated carbocycles. The van der Waals surface area contributed by atoms with Gasteiger partial charge in [-0.15, -0.1) is 0 Å². The van der Waals surface area contributed by atoms with Crippen LogP contribution in [-0.4, -0.2) is 19.1 Å². The van der Waals surface area contributed by atoms with E-state index in [1.54, 1.807) is 24.3 Å². The van der Waals surface area contributed by atoms with Crippen molar-refractivity contribution in [1.29, 1.82) is 0 Å². The molecule has 3 nitrogen and oxygen atoms in total. The number of hydrogen-bond donors (Lipinski definition) is 1. The molecule has 1 amide bonds. The number of hydrogen-bond acceptors (Lipinski definition) is 2. The number of rotatable bonds is 2. The van der Waals surface area contributed by atoms with E-state index in [1.807, 2.05) is 0 Å². The van der Waals surface area contributed by atoms with Crippen molar-refractivity contribution in [3.8, 4) is 0 Å². The molecule has 0 saturated heterocycles. The fraction of sp³-hybridized carbons (Fsp3) is 0.300. The van der Waals surface area contributed by atoms with Gasteiger partial charge in [0.1, 0.15) is 0 Å². The van der Waals surface area contributed by atoms with Crippen LogP contribution in [0.1, 0.15) is 6.92 Å². The molecule has 76 valence electrons. The number of amides is 1. The van der Waals surface area contributed by atoms with Crippen molar-refractivity contribution in [1.82, 2.24) is 0 Å². The highest BCUT2D eigenvalue weighted by atomic mass is 19.1. The summed E-state index contributed by atoms with van der Waals surface area (Å²) in [7, 11) is 1.50. The van der Waals surface area contributed by atoms with Gasteiger partial charge in [-0.1, -0.05) is 12.1 Å². The number of nitrogens with two attached hydrogens (primary N) is 1. The lowest BCUT2D eigenvalue weighted by atomic mass is 10.2. The minimum absolute atomic E-state index is 0.462. The number of nitrogens with zero attached hydrogens (tertiary/aromatic N) is 1. The van der Waals surface area contributed by atoms with E-state index in [1.165, 1.54) is 18.9 Å². The fourth-order valence-corrected chi connectivity index (χ4v) is 1.18. The second kappa shape index (κ2) is 4.09. The lowest BCUT2D eigenvalue weighted by Crippen LogP contribution is -2.32. The highest BCUT2D eigenvalue weighted by molar-refractivity contribution is 5.98. The van der Waals surface area contributed by atoms with Crippen molar-refractivity contribution in [2.24, 2.45) is 0 Å². The molecule has 0 aliphatic rings. The number of halogens is 1. The molecule has 1 aromatic rings. The van der Waals surface area contributed by atoms with Gasteiger partial charge in [-0.25, -0.2) is 4.39 Å². The highest BCUT2D eigenvalue weighted by Crippen LogP contribution is 2.21. The molecule has 0 aromatic heterocycles. The maximum absolute atomic E-state index is 12.7. The molecule has 0 heterocycles. The highest BCUT2D eigenvalue weighted by Gasteiger charge is 2.18. The molecule has 0 bridgehead atoms. The molecule has 1 rings (SSSR count). The summed E-state index contributed by atoms with van der Waals surface area (Å²) in [6.45, 7) is 1.21. The van der Waals surface area contributed by atoms with Crippen LogP contribution in [0.3, 0.4) is 0 Å². The van der Waals surface area contributed by atoms with E-state index in [4.69, 9.17) is 5.73 Å². The van der Waals surface area contributed by atoms with Crippen LogP contribution in [0.2, 0.25) is 0 Å². The number of para-hydroxylation sites is 2. The maximum atomic E-state index is 12.7. The van der Waals surface area contributed by atoms with Crippen LogP contribution in [-0.2, 0) is 4.79 Å². The minimum Gasteiger partial charge on any atom is -0.397 e. The first-order valence-electron chi connectivity index (χ1n) is 4.30. The van der Waals surface area contributed by atoms with Gasteiger partial charge in [0.05, 0.1) is 11.4 Å². The second-order valence-electron chi connectivity index (χ2n) is 3.07.